The molecule has 3 rings (SSSR count). The Kier molecular flexibility index (Phi) is 4.47. The molecular weight excluding hydrogens is 326 g/mol. The predicted molar refractivity (Wildman–Crippen MR) is 88.7 cm³/mol. The number of ether oxygens (including phenoxy) is 1. The van der Waals surface area contributed by atoms with Gasteiger partial charge in [0.15, 0.2) is 5.76 Å². The number of fused-ring (bicyclic) bond motifs is 1. The summed E-state index contributed by atoms with van der Waals surface area (Å²) in [6.07, 6.45) is 1.13. The highest BCUT2D eigenvalue weighted by Crippen LogP contribution is 2.29. The molecule has 0 radical (unpaired) electrons. The maximum absolute atomic E-state index is 12.6. The van der Waals surface area contributed by atoms with E-state index >= 15 is 0 Å². The van der Waals surface area contributed by atoms with Gasteiger partial charge in [0.25, 0.3) is 5.91 Å². The fourth-order valence-corrected chi connectivity index (χ4v) is 2.66. The highest BCUT2D eigenvalue weighted by atomic mass is 16.5. The Morgan fingerprint density at radius 1 is 1.32 bits per heavy atom. The van der Waals surface area contributed by atoms with Gasteiger partial charge in [-0.25, -0.2) is 0 Å². The van der Waals surface area contributed by atoms with E-state index in [1.807, 2.05) is 6.07 Å². The summed E-state index contributed by atoms with van der Waals surface area (Å²) in [5.74, 6) is -0.438. The van der Waals surface area contributed by atoms with Crippen LogP contribution in [0.25, 0.3) is 11.0 Å². The van der Waals surface area contributed by atoms with Gasteiger partial charge in [-0.3, -0.25) is 9.59 Å². The van der Waals surface area contributed by atoms with Crippen molar-refractivity contribution in [3.05, 3.63) is 53.7 Å². The zero-order chi connectivity index (χ0) is 18.0. The molecule has 1 atom stereocenters. The second kappa shape index (κ2) is 6.72. The quantitative estimate of drug-likeness (QED) is 0.712. The minimum Gasteiger partial charge on any atom is -0.497 e. The molecule has 7 nitrogen and oxygen atoms in total. The Hall–Kier alpha value is -3.22. The molecule has 7 heteroatoms. The molecule has 2 aromatic heterocycles. The second-order valence-corrected chi connectivity index (χ2v) is 5.56. The molecule has 25 heavy (non-hydrogen) atoms. The van der Waals surface area contributed by atoms with E-state index in [0.717, 1.165) is 5.39 Å². The van der Waals surface area contributed by atoms with Crippen LogP contribution in [0.5, 0.6) is 5.75 Å². The second-order valence-electron chi connectivity index (χ2n) is 5.56. The van der Waals surface area contributed by atoms with Crippen molar-refractivity contribution in [3.8, 4) is 5.75 Å². The zero-order valence-corrected chi connectivity index (χ0v) is 13.7. The number of carboxylic acids is 1. The van der Waals surface area contributed by atoms with Crippen LogP contribution in [0.2, 0.25) is 0 Å². The minimum absolute atomic E-state index is 0.130. The molecule has 2 heterocycles. The topological polar surface area (TPSA) is 102 Å². The smallest absolute Gasteiger partial charge is 0.305 e. The maximum atomic E-state index is 12.6. The number of aliphatic carboxylic acids is 1. The van der Waals surface area contributed by atoms with Gasteiger partial charge in [-0.2, -0.15) is 0 Å². The van der Waals surface area contributed by atoms with Crippen molar-refractivity contribution in [3.63, 3.8) is 0 Å². The number of carbonyl (C=O) groups is 2. The maximum Gasteiger partial charge on any atom is 0.305 e. The fourth-order valence-electron chi connectivity index (χ4n) is 2.66. The fraction of sp³-hybridized carbons (Fsp3) is 0.222. The summed E-state index contributed by atoms with van der Waals surface area (Å²) >= 11 is 0. The molecule has 3 aromatic rings. The lowest BCUT2D eigenvalue weighted by atomic mass is 10.1. The first-order valence-electron chi connectivity index (χ1n) is 7.62. The Bertz CT molecular complexity index is 909. The average Bonchev–Trinajstić information content (AvgIpc) is 3.22. The molecule has 0 fully saturated rings. The number of hydrogen-bond donors (Lipinski definition) is 2. The highest BCUT2D eigenvalue weighted by Gasteiger charge is 2.25. The van der Waals surface area contributed by atoms with Crippen LogP contribution < -0.4 is 10.1 Å². The number of amides is 1. The van der Waals surface area contributed by atoms with Gasteiger partial charge in [0, 0.05) is 17.0 Å². The Balaban J connectivity index is 1.90. The van der Waals surface area contributed by atoms with Crippen LogP contribution in [-0.4, -0.2) is 24.1 Å². The number of rotatable bonds is 6. The Morgan fingerprint density at radius 3 is 2.76 bits per heavy atom. The Labute approximate surface area is 143 Å². The van der Waals surface area contributed by atoms with E-state index in [9.17, 15) is 9.59 Å². The van der Waals surface area contributed by atoms with Crippen LogP contribution in [0, 0.1) is 6.92 Å². The highest BCUT2D eigenvalue weighted by molar-refractivity contribution is 5.99. The van der Waals surface area contributed by atoms with Gasteiger partial charge < -0.3 is 24.0 Å². The van der Waals surface area contributed by atoms with Gasteiger partial charge >= 0.3 is 5.97 Å². The van der Waals surface area contributed by atoms with Crippen LogP contribution in [0.4, 0.5) is 0 Å². The van der Waals surface area contributed by atoms with Crippen molar-refractivity contribution in [1.29, 1.82) is 0 Å². The van der Waals surface area contributed by atoms with Crippen LogP contribution in [0.3, 0.4) is 0 Å². The van der Waals surface area contributed by atoms with E-state index in [1.165, 1.54) is 6.26 Å². The van der Waals surface area contributed by atoms with E-state index in [2.05, 4.69) is 5.32 Å². The van der Waals surface area contributed by atoms with Gasteiger partial charge in [0.2, 0.25) is 0 Å². The molecule has 0 aliphatic rings. The van der Waals surface area contributed by atoms with Crippen molar-refractivity contribution in [1.82, 2.24) is 5.32 Å². The molecule has 0 spiro atoms. The van der Waals surface area contributed by atoms with Gasteiger partial charge in [-0.05, 0) is 31.2 Å². The SMILES string of the molecule is COc1ccc2c(C)c(C(=O)N[C@@H](CC(=O)O)c3ccco3)oc2c1. The third kappa shape index (κ3) is 3.35. The summed E-state index contributed by atoms with van der Waals surface area (Å²) in [5, 5.41) is 12.5. The predicted octanol–water partition coefficient (Wildman–Crippen LogP) is 3.29. The standard InChI is InChI=1S/C18H17NO6/c1-10-12-6-5-11(23-2)8-15(12)25-17(10)18(22)19-13(9-16(20)21)14-4-3-7-24-14/h3-8,13H,9H2,1-2H3,(H,19,22)(H,20,21)/t13-/m0/s1. The van der Waals surface area contributed by atoms with Gasteiger partial charge in [0.1, 0.15) is 17.1 Å². The van der Waals surface area contributed by atoms with E-state index in [1.54, 1.807) is 38.3 Å². The number of benzene rings is 1. The van der Waals surface area contributed by atoms with Gasteiger partial charge in [-0.15, -0.1) is 0 Å². The number of nitrogens with one attached hydrogen (secondary N) is 1. The van der Waals surface area contributed by atoms with Crippen molar-refractivity contribution < 1.29 is 28.3 Å². The van der Waals surface area contributed by atoms with Crippen LogP contribution in [-0.2, 0) is 4.79 Å². The number of carboxylic acid groups (broad SMARTS) is 1. The number of carbonyl (C=O) groups excluding carboxylic acids is 1. The van der Waals surface area contributed by atoms with E-state index in [4.69, 9.17) is 18.7 Å². The van der Waals surface area contributed by atoms with E-state index in [-0.39, 0.29) is 12.2 Å². The lowest BCUT2D eigenvalue weighted by Gasteiger charge is -2.13. The molecule has 0 saturated heterocycles. The number of hydrogen-bond acceptors (Lipinski definition) is 5. The molecule has 0 aliphatic carbocycles. The normalized spacial score (nSPS) is 12.1. The van der Waals surface area contributed by atoms with Crippen molar-refractivity contribution in [2.75, 3.05) is 7.11 Å². The first-order chi connectivity index (χ1) is 12.0. The molecule has 0 saturated carbocycles. The minimum atomic E-state index is -1.05. The molecule has 0 bridgehead atoms. The number of furan rings is 2. The van der Waals surface area contributed by atoms with Crippen molar-refractivity contribution >= 4 is 22.8 Å². The monoisotopic (exact) mass is 343 g/mol. The number of aryl methyl sites for hydroxylation is 1. The molecule has 130 valence electrons. The average molecular weight is 343 g/mol. The lowest BCUT2D eigenvalue weighted by molar-refractivity contribution is -0.137. The summed E-state index contributed by atoms with van der Waals surface area (Å²) in [4.78, 5) is 23.7. The van der Waals surface area contributed by atoms with Crippen LogP contribution in [0.15, 0.2) is 45.4 Å². The summed E-state index contributed by atoms with van der Waals surface area (Å²) in [6, 6.07) is 7.75. The third-order valence-corrected chi connectivity index (χ3v) is 3.92. The zero-order valence-electron chi connectivity index (χ0n) is 13.7. The largest absolute Gasteiger partial charge is 0.497 e. The van der Waals surface area contributed by atoms with E-state index < -0.39 is 17.9 Å². The molecular formula is C18H17NO6. The molecule has 0 aliphatic heterocycles. The molecule has 1 amide bonds. The third-order valence-electron chi connectivity index (χ3n) is 3.92. The van der Waals surface area contributed by atoms with Gasteiger partial charge in [0.05, 0.1) is 25.8 Å². The van der Waals surface area contributed by atoms with Gasteiger partial charge in [-0.1, -0.05) is 0 Å². The number of methoxy groups -OCH3 is 1. The summed E-state index contributed by atoms with van der Waals surface area (Å²) in [6.45, 7) is 1.77. The van der Waals surface area contributed by atoms with Crippen LogP contribution in [0.1, 0.15) is 34.3 Å². The van der Waals surface area contributed by atoms with Crippen molar-refractivity contribution in [2.24, 2.45) is 0 Å². The summed E-state index contributed by atoms with van der Waals surface area (Å²) in [5.41, 5.74) is 1.19. The van der Waals surface area contributed by atoms with Crippen molar-refractivity contribution in [2.45, 2.75) is 19.4 Å². The Morgan fingerprint density at radius 2 is 2.12 bits per heavy atom. The van der Waals surface area contributed by atoms with E-state index in [0.29, 0.717) is 22.7 Å². The van der Waals surface area contributed by atoms with Crippen LogP contribution >= 0.6 is 0 Å². The lowest BCUT2D eigenvalue weighted by Crippen LogP contribution is -2.30. The molecule has 0 unspecified atom stereocenters. The first kappa shape index (κ1) is 16.6. The first-order valence-corrected chi connectivity index (χ1v) is 7.62. The summed E-state index contributed by atoms with van der Waals surface area (Å²) in [7, 11) is 1.55. The molecule has 1 aromatic carbocycles. The molecule has 2 N–H and O–H groups in total. The summed E-state index contributed by atoms with van der Waals surface area (Å²) < 4.78 is 16.0.